The molecule has 1 radical (unpaired) electrons. The number of rotatable bonds is 7. The van der Waals surface area contributed by atoms with E-state index < -0.39 is 0 Å². The predicted molar refractivity (Wildman–Crippen MR) is 46.7 cm³/mol. The van der Waals surface area contributed by atoms with Crippen molar-refractivity contribution in [1.29, 1.82) is 0 Å². The molecular formula is C9H17O3. The fourth-order valence-corrected chi connectivity index (χ4v) is 0.635. The second-order valence-electron chi connectivity index (χ2n) is 2.44. The van der Waals surface area contributed by atoms with Gasteiger partial charge in [0.25, 0.3) is 0 Å². The molecule has 71 valence electrons. The van der Waals surface area contributed by atoms with Gasteiger partial charge in [0, 0.05) is 13.0 Å². The Labute approximate surface area is 74.0 Å². The van der Waals surface area contributed by atoms with E-state index in [2.05, 4.69) is 13.8 Å². The van der Waals surface area contributed by atoms with Crippen molar-refractivity contribution in [3.8, 4) is 0 Å². The fourth-order valence-electron chi connectivity index (χ4n) is 0.635. The highest BCUT2D eigenvalue weighted by Crippen LogP contribution is 1.88. The molecule has 0 aliphatic heterocycles. The molecule has 12 heavy (non-hydrogen) atoms. The molecule has 0 fully saturated rings. The summed E-state index contributed by atoms with van der Waals surface area (Å²) in [6, 6.07) is 0. The summed E-state index contributed by atoms with van der Waals surface area (Å²) >= 11 is 0. The van der Waals surface area contributed by atoms with Crippen LogP contribution in [0.1, 0.15) is 26.2 Å². The summed E-state index contributed by atoms with van der Waals surface area (Å²) in [5.74, 6) is -0.269. The van der Waals surface area contributed by atoms with Crippen LogP contribution in [0.3, 0.4) is 0 Å². The lowest BCUT2D eigenvalue weighted by atomic mass is 10.4. The van der Waals surface area contributed by atoms with Gasteiger partial charge in [-0.15, -0.1) is 0 Å². The first kappa shape index (κ1) is 11.4. The molecule has 0 heterocycles. The van der Waals surface area contributed by atoms with Gasteiger partial charge < -0.3 is 9.47 Å². The van der Waals surface area contributed by atoms with Gasteiger partial charge in [0.05, 0.1) is 6.61 Å². The molecule has 0 bridgehead atoms. The Kier molecular flexibility index (Phi) is 8.12. The Morgan fingerprint density at radius 2 is 2.08 bits per heavy atom. The van der Waals surface area contributed by atoms with Crippen LogP contribution in [0, 0.1) is 6.92 Å². The average molecular weight is 173 g/mol. The topological polar surface area (TPSA) is 35.5 Å². The highest BCUT2D eigenvalue weighted by Gasteiger charge is 1.96. The molecule has 0 aromatic heterocycles. The Hall–Kier alpha value is -0.570. The van der Waals surface area contributed by atoms with Crippen molar-refractivity contribution in [3.05, 3.63) is 6.92 Å². The molecule has 0 unspecified atom stereocenters. The van der Waals surface area contributed by atoms with Crippen molar-refractivity contribution in [1.82, 2.24) is 0 Å². The number of hydrogen-bond acceptors (Lipinski definition) is 3. The maximum Gasteiger partial charge on any atom is 0.305 e. The summed E-state index contributed by atoms with van der Waals surface area (Å²) in [6.07, 6.45) is 2.37. The molecule has 0 N–H and O–H groups in total. The quantitative estimate of drug-likeness (QED) is 0.433. The van der Waals surface area contributed by atoms with Gasteiger partial charge in [-0.05, 0) is 13.3 Å². The van der Waals surface area contributed by atoms with Crippen LogP contribution in [0.15, 0.2) is 0 Å². The van der Waals surface area contributed by atoms with Crippen LogP contribution >= 0.6 is 0 Å². The second-order valence-corrected chi connectivity index (χ2v) is 2.44. The summed E-state index contributed by atoms with van der Waals surface area (Å²) in [4.78, 5) is 10.6. The molecule has 0 saturated heterocycles. The number of ether oxygens (including phenoxy) is 2. The van der Waals surface area contributed by atoms with Crippen molar-refractivity contribution >= 4 is 5.97 Å². The van der Waals surface area contributed by atoms with E-state index in [0.29, 0.717) is 13.2 Å². The summed E-state index contributed by atoms with van der Waals surface area (Å²) in [5.41, 5.74) is 0. The molecule has 0 aromatic rings. The molecule has 3 heteroatoms. The molecule has 0 amide bonds. The maximum atomic E-state index is 10.6. The normalized spacial score (nSPS) is 9.83. The molecular weight excluding hydrogens is 156 g/mol. The lowest BCUT2D eigenvalue weighted by Crippen LogP contribution is -2.09. The van der Waals surface area contributed by atoms with E-state index in [9.17, 15) is 4.79 Å². The Bertz CT molecular complexity index is 112. The molecule has 0 saturated carbocycles. The number of esters is 1. The zero-order valence-corrected chi connectivity index (χ0v) is 7.67. The highest BCUT2D eigenvalue weighted by molar-refractivity contribution is 5.69. The predicted octanol–water partition coefficient (Wildman–Crippen LogP) is 1.57. The SMILES string of the molecule is [CH2]CC(=O)OCCOCCCC. The largest absolute Gasteiger partial charge is 0.463 e. The zero-order valence-electron chi connectivity index (χ0n) is 7.67. The minimum atomic E-state index is -0.269. The van der Waals surface area contributed by atoms with Gasteiger partial charge in [-0.25, -0.2) is 0 Å². The molecule has 3 nitrogen and oxygen atoms in total. The summed E-state index contributed by atoms with van der Waals surface area (Å²) in [7, 11) is 0. The Balaban J connectivity index is 2.95. The van der Waals surface area contributed by atoms with Gasteiger partial charge in [-0.1, -0.05) is 13.3 Å². The van der Waals surface area contributed by atoms with Crippen molar-refractivity contribution in [3.63, 3.8) is 0 Å². The van der Waals surface area contributed by atoms with Crippen LogP contribution in [0.25, 0.3) is 0 Å². The van der Waals surface area contributed by atoms with E-state index >= 15 is 0 Å². The van der Waals surface area contributed by atoms with Crippen LogP contribution in [0.4, 0.5) is 0 Å². The first-order valence-electron chi connectivity index (χ1n) is 4.33. The Morgan fingerprint density at radius 1 is 1.33 bits per heavy atom. The third kappa shape index (κ3) is 7.54. The molecule has 0 aliphatic carbocycles. The monoisotopic (exact) mass is 173 g/mol. The minimum Gasteiger partial charge on any atom is -0.463 e. The minimum absolute atomic E-state index is 0.189. The van der Waals surface area contributed by atoms with Crippen LogP contribution in [0.2, 0.25) is 0 Å². The van der Waals surface area contributed by atoms with Crippen LogP contribution in [-0.4, -0.2) is 25.8 Å². The van der Waals surface area contributed by atoms with Gasteiger partial charge >= 0.3 is 5.97 Å². The smallest absolute Gasteiger partial charge is 0.305 e. The molecule has 0 atom stereocenters. The maximum absolute atomic E-state index is 10.6. The van der Waals surface area contributed by atoms with Crippen molar-refractivity contribution < 1.29 is 14.3 Å². The standard InChI is InChI=1S/C9H17O3/c1-3-5-6-11-7-8-12-9(10)4-2/h2-8H2,1H3. The van der Waals surface area contributed by atoms with Crippen LogP contribution < -0.4 is 0 Å². The van der Waals surface area contributed by atoms with E-state index in [-0.39, 0.29) is 12.4 Å². The molecule has 0 spiro atoms. The summed E-state index contributed by atoms with van der Waals surface area (Å²) in [6.45, 7) is 7.09. The fraction of sp³-hybridized carbons (Fsp3) is 0.778. The van der Waals surface area contributed by atoms with Crippen LogP contribution in [-0.2, 0) is 14.3 Å². The third-order valence-corrected chi connectivity index (χ3v) is 1.34. The number of unbranched alkanes of at least 4 members (excludes halogenated alkanes) is 1. The zero-order chi connectivity index (χ0) is 9.23. The van der Waals surface area contributed by atoms with Crippen molar-refractivity contribution in [2.24, 2.45) is 0 Å². The van der Waals surface area contributed by atoms with Crippen molar-refractivity contribution in [2.75, 3.05) is 19.8 Å². The van der Waals surface area contributed by atoms with Crippen molar-refractivity contribution in [2.45, 2.75) is 26.2 Å². The molecule has 0 aromatic carbocycles. The van der Waals surface area contributed by atoms with Gasteiger partial charge in [0.1, 0.15) is 6.61 Å². The molecule has 0 aliphatic rings. The van der Waals surface area contributed by atoms with E-state index in [1.807, 2.05) is 0 Å². The molecule has 0 rings (SSSR count). The average Bonchev–Trinajstić information content (AvgIpc) is 2.10. The third-order valence-electron chi connectivity index (χ3n) is 1.34. The van der Waals surface area contributed by atoms with Gasteiger partial charge in [-0.3, -0.25) is 4.79 Å². The van der Waals surface area contributed by atoms with E-state index in [4.69, 9.17) is 9.47 Å². The van der Waals surface area contributed by atoms with Gasteiger partial charge in [0.2, 0.25) is 0 Å². The first-order chi connectivity index (χ1) is 5.81. The van der Waals surface area contributed by atoms with E-state index in [1.165, 1.54) is 0 Å². The number of carbonyl (C=O) groups is 1. The second kappa shape index (κ2) is 8.53. The Morgan fingerprint density at radius 3 is 2.67 bits per heavy atom. The van der Waals surface area contributed by atoms with Gasteiger partial charge in [0.15, 0.2) is 0 Å². The highest BCUT2D eigenvalue weighted by atomic mass is 16.6. The summed E-state index contributed by atoms with van der Waals surface area (Å²) in [5, 5.41) is 0. The van der Waals surface area contributed by atoms with E-state index in [1.54, 1.807) is 0 Å². The number of hydrogen-bond donors (Lipinski definition) is 0. The lowest BCUT2D eigenvalue weighted by Gasteiger charge is -2.03. The van der Waals surface area contributed by atoms with Crippen LogP contribution in [0.5, 0.6) is 0 Å². The van der Waals surface area contributed by atoms with E-state index in [0.717, 1.165) is 19.4 Å². The number of carbonyl (C=O) groups excluding carboxylic acids is 1. The first-order valence-corrected chi connectivity index (χ1v) is 4.33. The summed E-state index contributed by atoms with van der Waals surface area (Å²) < 4.78 is 9.92. The lowest BCUT2D eigenvalue weighted by molar-refractivity contribution is -0.144. The van der Waals surface area contributed by atoms with Gasteiger partial charge in [-0.2, -0.15) is 0 Å².